The average Bonchev–Trinajstić information content (AvgIpc) is 3.14. The Labute approximate surface area is 323 Å². The maximum atomic E-state index is 13.1. The van der Waals surface area contributed by atoms with Crippen LogP contribution in [0.2, 0.25) is 5.15 Å². The predicted molar refractivity (Wildman–Crippen MR) is 211 cm³/mol. The standard InChI is InChI=1S/C11H8FN3O2.C11H10FN3.C6H6BFO2.C5H4ClN3O2.CH4O.CH4/c12-8-3-1-2-7(6-8)10-11(15(16)17)9(13)4-5-14-10;12-8-3-1-2-7(6-8)11-10(14)9(13)4-5-15-11;8-6-3-1-2-5(4-6)7(9)10;6-5-4(9(10)11)3(7)1-2-8-5;1-2;/h1-6H,(H2,13,14);1-6H,14H2,(H2,13,15);1-4,9-10H;1-2H,(H2,7,8);2H,1H3;1H4. The van der Waals surface area contributed by atoms with E-state index in [9.17, 15) is 33.4 Å². The van der Waals surface area contributed by atoms with Crippen molar-refractivity contribution in [3.05, 3.63) is 152 Å². The van der Waals surface area contributed by atoms with E-state index in [1.54, 1.807) is 24.4 Å². The summed E-state index contributed by atoms with van der Waals surface area (Å²) in [7, 11) is -0.587. The van der Waals surface area contributed by atoms with Crippen molar-refractivity contribution in [2.45, 2.75) is 7.43 Å². The summed E-state index contributed by atoms with van der Waals surface area (Å²) in [5.74, 6) is -1.28. The third kappa shape index (κ3) is 13.8. The minimum Gasteiger partial charge on any atom is -0.423 e. The number of benzene rings is 3. The number of nitrogen functional groups attached to an aromatic ring is 4. The van der Waals surface area contributed by atoms with E-state index >= 15 is 0 Å². The van der Waals surface area contributed by atoms with Crippen LogP contribution in [0.3, 0.4) is 0 Å². The lowest BCUT2D eigenvalue weighted by Gasteiger charge is -2.06. The molecule has 0 unspecified atom stereocenters. The Morgan fingerprint density at radius 1 is 0.625 bits per heavy atom. The first-order valence-electron chi connectivity index (χ1n) is 15.1. The second kappa shape index (κ2) is 23.0. The zero-order chi connectivity index (χ0) is 41.2. The maximum Gasteiger partial charge on any atom is 0.488 e. The number of aromatic nitrogens is 3. The van der Waals surface area contributed by atoms with Gasteiger partial charge in [-0.15, -0.1) is 0 Å². The van der Waals surface area contributed by atoms with E-state index in [2.05, 4.69) is 15.0 Å². The summed E-state index contributed by atoms with van der Waals surface area (Å²) in [5.41, 5.74) is 24.1. The number of pyridine rings is 3. The van der Waals surface area contributed by atoms with Gasteiger partial charge in [0.1, 0.15) is 28.8 Å². The summed E-state index contributed by atoms with van der Waals surface area (Å²) < 4.78 is 38.3. The fourth-order valence-electron chi connectivity index (χ4n) is 4.15. The largest absolute Gasteiger partial charge is 0.488 e. The van der Waals surface area contributed by atoms with Crippen LogP contribution in [0.4, 0.5) is 47.3 Å². The number of halogens is 4. The molecule has 0 aliphatic rings. The molecule has 3 heterocycles. The van der Waals surface area contributed by atoms with Crippen molar-refractivity contribution in [1.82, 2.24) is 15.0 Å². The number of aliphatic hydroxyl groups is 1. The van der Waals surface area contributed by atoms with Gasteiger partial charge in [0.25, 0.3) is 0 Å². The zero-order valence-electron chi connectivity index (χ0n) is 28.5. The van der Waals surface area contributed by atoms with Crippen LogP contribution in [0.5, 0.6) is 0 Å². The van der Waals surface area contributed by atoms with Gasteiger partial charge in [0.2, 0.25) is 5.15 Å². The number of nitro groups is 2. The third-order valence-electron chi connectivity index (χ3n) is 6.60. The van der Waals surface area contributed by atoms with Gasteiger partial charge in [-0.3, -0.25) is 25.2 Å². The topological polar surface area (TPSA) is 290 Å². The fraction of sp³-hybridized carbons (Fsp3) is 0.0571. The predicted octanol–water partition coefficient (Wildman–Crippen LogP) is 5.41. The molecule has 0 bridgehead atoms. The molecule has 16 nitrogen and oxygen atoms in total. The highest BCUT2D eigenvalue weighted by molar-refractivity contribution is 6.58. The van der Waals surface area contributed by atoms with Crippen LogP contribution in [0.15, 0.2) is 110 Å². The fourth-order valence-corrected chi connectivity index (χ4v) is 4.39. The molecular formula is C35H36BClF3N9O7. The van der Waals surface area contributed by atoms with Crippen LogP contribution in [0.25, 0.3) is 22.5 Å². The molecule has 0 spiro atoms. The molecule has 56 heavy (non-hydrogen) atoms. The summed E-state index contributed by atoms with van der Waals surface area (Å²) in [6.45, 7) is 0. The molecule has 3 aromatic heterocycles. The van der Waals surface area contributed by atoms with Crippen molar-refractivity contribution in [3.63, 3.8) is 0 Å². The van der Waals surface area contributed by atoms with Crippen LogP contribution in [0, 0.1) is 37.7 Å². The second-order valence-electron chi connectivity index (χ2n) is 10.3. The highest BCUT2D eigenvalue weighted by Gasteiger charge is 2.21. The lowest BCUT2D eigenvalue weighted by molar-refractivity contribution is -0.384. The Morgan fingerprint density at radius 2 is 1.04 bits per heavy atom. The molecule has 11 N–H and O–H groups in total. The van der Waals surface area contributed by atoms with Crippen molar-refractivity contribution in [3.8, 4) is 22.5 Å². The Hall–Kier alpha value is -6.87. The van der Waals surface area contributed by atoms with E-state index in [0.717, 1.165) is 13.2 Å². The Morgan fingerprint density at radius 3 is 1.45 bits per heavy atom. The summed E-state index contributed by atoms with van der Waals surface area (Å²) in [6.07, 6.45) is 4.21. The normalized spacial score (nSPS) is 9.50. The van der Waals surface area contributed by atoms with E-state index in [0.29, 0.717) is 28.2 Å². The van der Waals surface area contributed by atoms with E-state index in [4.69, 9.17) is 49.7 Å². The van der Waals surface area contributed by atoms with Crippen molar-refractivity contribution in [1.29, 1.82) is 0 Å². The highest BCUT2D eigenvalue weighted by atomic mass is 35.5. The van der Waals surface area contributed by atoms with Crippen molar-refractivity contribution >= 4 is 58.3 Å². The molecule has 21 heteroatoms. The van der Waals surface area contributed by atoms with E-state index in [-0.39, 0.29) is 52.3 Å². The minimum atomic E-state index is -1.59. The first-order chi connectivity index (χ1) is 26.1. The van der Waals surface area contributed by atoms with Gasteiger partial charge in [0.05, 0.1) is 26.9 Å². The van der Waals surface area contributed by atoms with Gasteiger partial charge in [0, 0.05) is 36.8 Å². The number of aliphatic hydroxyl groups excluding tert-OH is 1. The van der Waals surface area contributed by atoms with Crippen LogP contribution in [0.1, 0.15) is 7.43 Å². The monoisotopic (exact) mass is 797 g/mol. The molecular weight excluding hydrogens is 762 g/mol. The Kier molecular flexibility index (Phi) is 19.4. The summed E-state index contributed by atoms with van der Waals surface area (Å²) >= 11 is 5.39. The van der Waals surface area contributed by atoms with Crippen LogP contribution >= 0.6 is 11.6 Å². The van der Waals surface area contributed by atoms with Crippen LogP contribution in [-0.4, -0.2) is 54.2 Å². The quantitative estimate of drug-likeness (QED) is 0.0497. The zero-order valence-corrected chi connectivity index (χ0v) is 29.3. The van der Waals surface area contributed by atoms with Crippen molar-refractivity contribution in [2.24, 2.45) is 0 Å². The summed E-state index contributed by atoms with van der Waals surface area (Å²) in [5, 5.41) is 45.0. The maximum absolute atomic E-state index is 13.1. The average molecular weight is 798 g/mol. The smallest absolute Gasteiger partial charge is 0.423 e. The molecule has 0 amide bonds. The lowest BCUT2D eigenvalue weighted by Crippen LogP contribution is -2.29. The second-order valence-corrected chi connectivity index (χ2v) is 10.6. The van der Waals surface area contributed by atoms with Crippen LogP contribution in [-0.2, 0) is 0 Å². The summed E-state index contributed by atoms with van der Waals surface area (Å²) in [4.78, 5) is 31.3. The molecule has 6 aromatic rings. The minimum absolute atomic E-state index is 0. The number of hydrogen-bond acceptors (Lipinski definition) is 14. The molecule has 3 aromatic carbocycles. The number of rotatable bonds is 5. The lowest BCUT2D eigenvalue weighted by atomic mass is 9.80. The third-order valence-corrected chi connectivity index (χ3v) is 6.87. The Bertz CT molecular complexity index is 2210. The number of hydrogen-bond donors (Lipinski definition) is 7. The van der Waals surface area contributed by atoms with E-state index in [1.807, 2.05) is 0 Å². The first kappa shape index (κ1) is 47.2. The van der Waals surface area contributed by atoms with Gasteiger partial charge >= 0.3 is 18.5 Å². The molecule has 0 fully saturated rings. The number of nitrogens with zero attached hydrogens (tertiary/aromatic N) is 5. The molecule has 0 aliphatic carbocycles. The number of anilines is 4. The van der Waals surface area contributed by atoms with E-state index in [1.165, 1.54) is 79.1 Å². The number of nitrogens with two attached hydrogens (primary N) is 4. The van der Waals surface area contributed by atoms with Crippen molar-refractivity contribution in [2.75, 3.05) is 30.0 Å². The van der Waals surface area contributed by atoms with Gasteiger partial charge in [-0.25, -0.2) is 23.1 Å². The molecule has 0 saturated heterocycles. The van der Waals surface area contributed by atoms with Gasteiger partial charge in [-0.05, 0) is 60.1 Å². The Balaban J connectivity index is 0.000000373. The molecule has 294 valence electrons. The van der Waals surface area contributed by atoms with Gasteiger partial charge in [-0.1, -0.05) is 55.4 Å². The molecule has 0 atom stereocenters. The van der Waals surface area contributed by atoms with Gasteiger partial charge < -0.3 is 38.1 Å². The molecule has 6 rings (SSSR count). The van der Waals surface area contributed by atoms with Gasteiger partial charge in [0.15, 0.2) is 5.69 Å². The highest BCUT2D eigenvalue weighted by Crippen LogP contribution is 2.32. The molecule has 0 saturated carbocycles. The van der Waals surface area contributed by atoms with Crippen LogP contribution < -0.4 is 28.4 Å². The van der Waals surface area contributed by atoms with Crippen molar-refractivity contribution < 1.29 is 38.2 Å². The SMILES string of the molecule is C.CO.Nc1ccnc(-c2cccc(F)c2)c1N.Nc1ccnc(-c2cccc(F)c2)c1[N+](=O)[O-].Nc1ccnc(Cl)c1[N+](=O)[O-].OB(O)c1cccc(F)c1. The molecule has 0 radical (unpaired) electrons. The summed E-state index contributed by atoms with van der Waals surface area (Å²) in [6, 6.07) is 20.9. The first-order valence-corrected chi connectivity index (χ1v) is 15.5. The van der Waals surface area contributed by atoms with E-state index < -0.39 is 28.6 Å². The molecule has 0 aliphatic heterocycles. The van der Waals surface area contributed by atoms with Gasteiger partial charge in [-0.2, -0.15) is 0 Å².